The molecule has 1 heterocycles. The summed E-state index contributed by atoms with van der Waals surface area (Å²) in [6.45, 7) is 0.934. The molecule has 0 spiro atoms. The van der Waals surface area contributed by atoms with Crippen molar-refractivity contribution in [2.24, 2.45) is 5.73 Å². The Morgan fingerprint density at radius 1 is 1.12 bits per heavy atom. The van der Waals surface area contributed by atoms with Crippen LogP contribution in [0.5, 0.6) is 5.88 Å². The van der Waals surface area contributed by atoms with Crippen LogP contribution < -0.4 is 10.5 Å². The van der Waals surface area contributed by atoms with E-state index in [9.17, 15) is 0 Å². The first-order chi connectivity index (χ1) is 8.28. The van der Waals surface area contributed by atoms with E-state index in [1.165, 1.54) is 0 Å². The number of halogens is 1. The Labute approximate surface area is 109 Å². The van der Waals surface area contributed by atoms with Crippen LogP contribution in [0, 0.1) is 0 Å². The van der Waals surface area contributed by atoms with Crippen LogP contribution in [-0.4, -0.2) is 4.98 Å². The third-order valence-electron chi connectivity index (χ3n) is 2.29. The van der Waals surface area contributed by atoms with E-state index in [4.69, 9.17) is 10.5 Å². The van der Waals surface area contributed by atoms with Gasteiger partial charge in [-0.1, -0.05) is 34.1 Å². The van der Waals surface area contributed by atoms with E-state index in [1.54, 1.807) is 0 Å². The second kappa shape index (κ2) is 5.80. The molecule has 0 radical (unpaired) electrons. The Bertz CT molecular complexity index is 485. The molecule has 0 fully saturated rings. The summed E-state index contributed by atoms with van der Waals surface area (Å²) < 4.78 is 6.65. The van der Waals surface area contributed by atoms with E-state index < -0.39 is 0 Å². The number of hydrogen-bond donors (Lipinski definition) is 1. The molecule has 0 saturated carbocycles. The highest BCUT2D eigenvalue weighted by Crippen LogP contribution is 2.13. The van der Waals surface area contributed by atoms with Gasteiger partial charge in [0.1, 0.15) is 6.61 Å². The fourth-order valence-corrected chi connectivity index (χ4v) is 1.65. The lowest BCUT2D eigenvalue weighted by atomic mass is 10.2. The van der Waals surface area contributed by atoms with E-state index in [0.717, 1.165) is 15.7 Å². The molecule has 88 valence electrons. The third kappa shape index (κ3) is 3.54. The number of pyridine rings is 1. The number of rotatable bonds is 4. The zero-order valence-electron chi connectivity index (χ0n) is 9.27. The van der Waals surface area contributed by atoms with Crippen LogP contribution in [0.25, 0.3) is 0 Å². The van der Waals surface area contributed by atoms with Crippen molar-refractivity contribution >= 4 is 15.9 Å². The normalized spacial score (nSPS) is 10.2. The summed E-state index contributed by atoms with van der Waals surface area (Å²) in [6, 6.07) is 13.6. The quantitative estimate of drug-likeness (QED) is 0.943. The smallest absolute Gasteiger partial charge is 0.213 e. The van der Waals surface area contributed by atoms with Crippen molar-refractivity contribution in [2.75, 3.05) is 0 Å². The first-order valence-corrected chi connectivity index (χ1v) is 6.10. The Morgan fingerprint density at radius 3 is 2.59 bits per heavy atom. The van der Waals surface area contributed by atoms with Gasteiger partial charge < -0.3 is 10.5 Å². The van der Waals surface area contributed by atoms with Crippen molar-refractivity contribution in [3.63, 3.8) is 0 Å². The molecule has 0 atom stereocenters. The fourth-order valence-electron chi connectivity index (χ4n) is 1.39. The summed E-state index contributed by atoms with van der Waals surface area (Å²) in [5, 5.41) is 0. The summed E-state index contributed by atoms with van der Waals surface area (Å²) in [4.78, 5) is 4.27. The molecule has 0 amide bonds. The maximum Gasteiger partial charge on any atom is 0.213 e. The van der Waals surface area contributed by atoms with E-state index in [2.05, 4.69) is 20.9 Å². The van der Waals surface area contributed by atoms with Crippen molar-refractivity contribution < 1.29 is 4.74 Å². The molecule has 0 aliphatic rings. The maximum absolute atomic E-state index is 5.59. The summed E-state index contributed by atoms with van der Waals surface area (Å²) in [5.74, 6) is 0.607. The maximum atomic E-state index is 5.59. The van der Waals surface area contributed by atoms with Gasteiger partial charge in [-0.25, -0.2) is 4.98 Å². The SMILES string of the molecule is NCc1cccc(OCc2ccc(Br)cc2)n1. The van der Waals surface area contributed by atoms with Crippen LogP contribution >= 0.6 is 15.9 Å². The van der Waals surface area contributed by atoms with Crippen LogP contribution in [0.2, 0.25) is 0 Å². The lowest BCUT2D eigenvalue weighted by Crippen LogP contribution is -2.02. The monoisotopic (exact) mass is 292 g/mol. The van der Waals surface area contributed by atoms with Gasteiger partial charge in [0, 0.05) is 17.1 Å². The number of nitrogens with two attached hydrogens (primary N) is 1. The minimum atomic E-state index is 0.426. The van der Waals surface area contributed by atoms with Crippen molar-refractivity contribution in [1.82, 2.24) is 4.98 Å². The van der Waals surface area contributed by atoms with Crippen molar-refractivity contribution in [1.29, 1.82) is 0 Å². The molecule has 17 heavy (non-hydrogen) atoms. The largest absolute Gasteiger partial charge is 0.473 e. The van der Waals surface area contributed by atoms with Crippen LogP contribution in [0.15, 0.2) is 46.9 Å². The van der Waals surface area contributed by atoms with Crippen LogP contribution in [-0.2, 0) is 13.2 Å². The van der Waals surface area contributed by atoms with Crippen molar-refractivity contribution in [2.45, 2.75) is 13.2 Å². The molecule has 2 rings (SSSR count). The van der Waals surface area contributed by atoms with Crippen LogP contribution in [0.1, 0.15) is 11.3 Å². The first kappa shape index (κ1) is 12.1. The summed E-state index contributed by atoms with van der Waals surface area (Å²) in [7, 11) is 0. The highest BCUT2D eigenvalue weighted by atomic mass is 79.9. The Kier molecular flexibility index (Phi) is 4.12. The van der Waals surface area contributed by atoms with Crippen molar-refractivity contribution in [3.8, 4) is 5.88 Å². The molecule has 2 aromatic rings. The van der Waals surface area contributed by atoms with Gasteiger partial charge in [0.05, 0.1) is 5.69 Å². The van der Waals surface area contributed by atoms with E-state index >= 15 is 0 Å². The van der Waals surface area contributed by atoms with E-state index in [0.29, 0.717) is 19.0 Å². The molecule has 3 nitrogen and oxygen atoms in total. The predicted molar refractivity (Wildman–Crippen MR) is 70.6 cm³/mol. The van der Waals surface area contributed by atoms with E-state index in [1.807, 2.05) is 42.5 Å². The molecule has 1 aromatic carbocycles. The zero-order chi connectivity index (χ0) is 12.1. The highest BCUT2D eigenvalue weighted by Gasteiger charge is 1.98. The minimum Gasteiger partial charge on any atom is -0.473 e. The van der Waals surface area contributed by atoms with Gasteiger partial charge in [0.25, 0.3) is 0 Å². The average Bonchev–Trinajstić information content (AvgIpc) is 2.38. The first-order valence-electron chi connectivity index (χ1n) is 5.31. The third-order valence-corrected chi connectivity index (χ3v) is 2.82. The minimum absolute atomic E-state index is 0.426. The van der Waals surface area contributed by atoms with Crippen molar-refractivity contribution in [3.05, 3.63) is 58.2 Å². The Morgan fingerprint density at radius 2 is 1.88 bits per heavy atom. The lowest BCUT2D eigenvalue weighted by molar-refractivity contribution is 0.293. The van der Waals surface area contributed by atoms with Gasteiger partial charge in [-0.15, -0.1) is 0 Å². The molecular formula is C13H13BrN2O. The number of ether oxygens (including phenoxy) is 1. The fraction of sp³-hybridized carbons (Fsp3) is 0.154. The van der Waals surface area contributed by atoms with Crippen LogP contribution in [0.4, 0.5) is 0 Å². The summed E-state index contributed by atoms with van der Waals surface area (Å²) >= 11 is 3.39. The van der Waals surface area contributed by atoms with Gasteiger partial charge in [0.15, 0.2) is 0 Å². The molecule has 0 unspecified atom stereocenters. The second-order valence-electron chi connectivity index (χ2n) is 3.59. The number of nitrogens with zero attached hydrogens (tertiary/aromatic N) is 1. The molecular weight excluding hydrogens is 280 g/mol. The van der Waals surface area contributed by atoms with Gasteiger partial charge in [-0.3, -0.25) is 0 Å². The zero-order valence-corrected chi connectivity index (χ0v) is 10.9. The predicted octanol–water partition coefficient (Wildman–Crippen LogP) is 2.88. The standard InChI is InChI=1S/C13H13BrN2O/c14-11-6-4-10(5-7-11)9-17-13-3-1-2-12(8-15)16-13/h1-7H,8-9,15H2. The highest BCUT2D eigenvalue weighted by molar-refractivity contribution is 9.10. The second-order valence-corrected chi connectivity index (χ2v) is 4.50. The molecule has 2 N–H and O–H groups in total. The molecule has 4 heteroatoms. The molecule has 0 saturated heterocycles. The number of aromatic nitrogens is 1. The van der Waals surface area contributed by atoms with E-state index in [-0.39, 0.29) is 0 Å². The molecule has 0 aliphatic heterocycles. The Hall–Kier alpha value is -1.39. The topological polar surface area (TPSA) is 48.1 Å². The van der Waals surface area contributed by atoms with Gasteiger partial charge in [-0.05, 0) is 23.8 Å². The van der Waals surface area contributed by atoms with Gasteiger partial charge in [0.2, 0.25) is 5.88 Å². The molecule has 0 bridgehead atoms. The molecule has 0 aliphatic carbocycles. The van der Waals surface area contributed by atoms with Gasteiger partial charge >= 0.3 is 0 Å². The van der Waals surface area contributed by atoms with Crippen LogP contribution in [0.3, 0.4) is 0 Å². The summed E-state index contributed by atoms with van der Waals surface area (Å²) in [6.07, 6.45) is 0. The Balaban J connectivity index is 1.99. The van der Waals surface area contributed by atoms with Gasteiger partial charge in [-0.2, -0.15) is 0 Å². The summed E-state index contributed by atoms with van der Waals surface area (Å²) in [5.41, 5.74) is 7.46. The lowest BCUT2D eigenvalue weighted by Gasteiger charge is -2.06. The number of benzene rings is 1. The average molecular weight is 293 g/mol. The molecule has 1 aromatic heterocycles. The number of hydrogen-bond acceptors (Lipinski definition) is 3.